The van der Waals surface area contributed by atoms with Crippen LogP contribution in [0.5, 0.6) is 0 Å². The quantitative estimate of drug-likeness (QED) is 0.592. The standard InChI is InChI=1S/C24H35ClN2O3/c1-2-3-14-27(24(29)30)21-12-15-26(16-13-21)23(28)22(18-8-5-4-6-9-18)19-10-7-11-20(25)17-19/h7,10-11,17-18,21-22H,2-6,8-9,12-16H2,1H3,(H,29,30). The summed E-state index contributed by atoms with van der Waals surface area (Å²) in [6.45, 7) is 3.91. The molecule has 2 fully saturated rings. The van der Waals surface area contributed by atoms with Crippen molar-refractivity contribution >= 4 is 23.6 Å². The molecule has 1 aromatic carbocycles. The molecule has 2 amide bonds. The number of nitrogens with zero attached hydrogens (tertiary/aromatic N) is 2. The molecule has 0 radical (unpaired) electrons. The van der Waals surface area contributed by atoms with Crippen molar-refractivity contribution in [2.45, 2.75) is 76.7 Å². The first-order chi connectivity index (χ1) is 14.5. The van der Waals surface area contributed by atoms with Gasteiger partial charge in [0, 0.05) is 30.7 Å². The fourth-order valence-corrected chi connectivity index (χ4v) is 5.34. The van der Waals surface area contributed by atoms with Gasteiger partial charge in [0.15, 0.2) is 0 Å². The molecule has 1 heterocycles. The van der Waals surface area contributed by atoms with Crippen molar-refractivity contribution in [1.82, 2.24) is 9.80 Å². The lowest BCUT2D eigenvalue weighted by Gasteiger charge is -2.40. The van der Waals surface area contributed by atoms with Crippen LogP contribution in [0.4, 0.5) is 4.79 Å². The third kappa shape index (κ3) is 5.69. The number of carbonyl (C=O) groups excluding carboxylic acids is 1. The minimum Gasteiger partial charge on any atom is -0.465 e. The van der Waals surface area contributed by atoms with E-state index in [0.29, 0.717) is 43.4 Å². The molecule has 1 N–H and O–H groups in total. The van der Waals surface area contributed by atoms with Crippen LogP contribution in [0.15, 0.2) is 24.3 Å². The topological polar surface area (TPSA) is 60.9 Å². The lowest BCUT2D eigenvalue weighted by atomic mass is 9.76. The van der Waals surface area contributed by atoms with Gasteiger partial charge in [0.25, 0.3) is 0 Å². The number of amides is 2. The van der Waals surface area contributed by atoms with Crippen LogP contribution >= 0.6 is 11.6 Å². The fourth-order valence-electron chi connectivity index (χ4n) is 5.14. The number of benzene rings is 1. The number of halogens is 1. The van der Waals surface area contributed by atoms with Gasteiger partial charge in [-0.2, -0.15) is 0 Å². The van der Waals surface area contributed by atoms with E-state index in [0.717, 1.165) is 31.2 Å². The van der Waals surface area contributed by atoms with Gasteiger partial charge >= 0.3 is 6.09 Å². The first-order valence-corrected chi connectivity index (χ1v) is 11.9. The first kappa shape index (κ1) is 22.9. The number of piperidine rings is 1. The van der Waals surface area contributed by atoms with E-state index in [1.54, 1.807) is 4.90 Å². The molecule has 0 aromatic heterocycles. The van der Waals surface area contributed by atoms with Gasteiger partial charge in [-0.25, -0.2) is 4.79 Å². The van der Waals surface area contributed by atoms with E-state index >= 15 is 0 Å². The molecule has 1 saturated heterocycles. The Morgan fingerprint density at radius 1 is 1.17 bits per heavy atom. The van der Waals surface area contributed by atoms with Gasteiger partial charge in [-0.1, -0.05) is 56.3 Å². The van der Waals surface area contributed by atoms with Crippen LogP contribution in [0.2, 0.25) is 5.02 Å². The maximum absolute atomic E-state index is 13.6. The number of carboxylic acid groups (broad SMARTS) is 1. The molecule has 1 aliphatic heterocycles. The van der Waals surface area contributed by atoms with Gasteiger partial charge in [0.1, 0.15) is 0 Å². The minimum atomic E-state index is -0.841. The molecule has 6 heteroatoms. The zero-order valence-electron chi connectivity index (χ0n) is 18.1. The summed E-state index contributed by atoms with van der Waals surface area (Å²) in [5.41, 5.74) is 1.02. The summed E-state index contributed by atoms with van der Waals surface area (Å²) >= 11 is 6.26. The molecule has 0 bridgehead atoms. The van der Waals surface area contributed by atoms with E-state index in [1.165, 1.54) is 19.3 Å². The Bertz CT molecular complexity index is 712. The molecular formula is C24H35ClN2O3. The third-order valence-corrected chi connectivity index (χ3v) is 7.05. The van der Waals surface area contributed by atoms with E-state index in [2.05, 4.69) is 6.92 Å². The summed E-state index contributed by atoms with van der Waals surface area (Å²) in [5.74, 6) is 0.414. The highest BCUT2D eigenvalue weighted by atomic mass is 35.5. The molecule has 1 unspecified atom stereocenters. The Balaban J connectivity index is 1.70. The smallest absolute Gasteiger partial charge is 0.407 e. The average molecular weight is 435 g/mol. The van der Waals surface area contributed by atoms with Crippen molar-refractivity contribution in [2.75, 3.05) is 19.6 Å². The SMILES string of the molecule is CCCCN(C(=O)O)C1CCN(C(=O)C(c2cccc(Cl)c2)C2CCCCC2)CC1. The second-order valence-electron chi connectivity index (χ2n) is 8.82. The Morgan fingerprint density at radius 3 is 2.47 bits per heavy atom. The summed E-state index contributed by atoms with van der Waals surface area (Å²) in [4.78, 5) is 28.9. The van der Waals surface area contributed by atoms with E-state index in [1.807, 2.05) is 29.2 Å². The lowest BCUT2D eigenvalue weighted by molar-refractivity contribution is -0.136. The third-order valence-electron chi connectivity index (χ3n) is 6.81. The largest absolute Gasteiger partial charge is 0.465 e. The minimum absolute atomic E-state index is 0.0115. The Morgan fingerprint density at radius 2 is 1.87 bits per heavy atom. The van der Waals surface area contributed by atoms with Crippen molar-refractivity contribution in [3.8, 4) is 0 Å². The van der Waals surface area contributed by atoms with Crippen molar-refractivity contribution in [2.24, 2.45) is 5.92 Å². The number of likely N-dealkylation sites (tertiary alicyclic amines) is 1. The number of hydrogen-bond acceptors (Lipinski definition) is 2. The normalized spacial score (nSPS) is 19.5. The zero-order valence-corrected chi connectivity index (χ0v) is 18.8. The van der Waals surface area contributed by atoms with Gasteiger partial charge in [-0.05, 0) is 55.7 Å². The van der Waals surface area contributed by atoms with Crippen LogP contribution in [0, 0.1) is 5.92 Å². The maximum Gasteiger partial charge on any atom is 0.407 e. The van der Waals surface area contributed by atoms with Gasteiger partial charge in [0.2, 0.25) is 5.91 Å². The van der Waals surface area contributed by atoms with Crippen molar-refractivity contribution < 1.29 is 14.7 Å². The Labute approximate surface area is 185 Å². The predicted molar refractivity (Wildman–Crippen MR) is 120 cm³/mol. The van der Waals surface area contributed by atoms with Crippen LogP contribution in [-0.2, 0) is 4.79 Å². The second-order valence-corrected chi connectivity index (χ2v) is 9.25. The summed E-state index contributed by atoms with van der Waals surface area (Å²) < 4.78 is 0. The van der Waals surface area contributed by atoms with Crippen LogP contribution in [0.3, 0.4) is 0 Å². The molecule has 2 aliphatic rings. The van der Waals surface area contributed by atoms with Crippen molar-refractivity contribution in [3.63, 3.8) is 0 Å². The highest BCUT2D eigenvalue weighted by molar-refractivity contribution is 6.30. The second kappa shape index (κ2) is 11.0. The highest BCUT2D eigenvalue weighted by Crippen LogP contribution is 2.38. The average Bonchev–Trinajstić information content (AvgIpc) is 2.75. The number of hydrogen-bond donors (Lipinski definition) is 1. The highest BCUT2D eigenvalue weighted by Gasteiger charge is 2.36. The van der Waals surface area contributed by atoms with Gasteiger partial charge in [-0.15, -0.1) is 0 Å². The monoisotopic (exact) mass is 434 g/mol. The molecule has 30 heavy (non-hydrogen) atoms. The molecule has 166 valence electrons. The molecule has 1 aliphatic carbocycles. The summed E-state index contributed by atoms with van der Waals surface area (Å²) in [5, 5.41) is 10.3. The summed E-state index contributed by atoms with van der Waals surface area (Å²) in [7, 11) is 0. The number of unbranched alkanes of at least 4 members (excludes halogenated alkanes) is 1. The van der Waals surface area contributed by atoms with Crippen molar-refractivity contribution in [1.29, 1.82) is 0 Å². The van der Waals surface area contributed by atoms with E-state index in [9.17, 15) is 14.7 Å². The lowest BCUT2D eigenvalue weighted by Crippen LogP contribution is -2.50. The number of carbonyl (C=O) groups is 2. The van der Waals surface area contributed by atoms with E-state index in [4.69, 9.17) is 11.6 Å². The number of rotatable bonds is 7. The molecule has 1 aromatic rings. The molecule has 0 spiro atoms. The molecular weight excluding hydrogens is 400 g/mol. The van der Waals surface area contributed by atoms with Gasteiger partial charge < -0.3 is 14.9 Å². The van der Waals surface area contributed by atoms with Crippen LogP contribution in [0.1, 0.15) is 76.2 Å². The molecule has 1 saturated carbocycles. The molecule has 1 atom stereocenters. The molecule has 3 rings (SSSR count). The van der Waals surface area contributed by atoms with E-state index < -0.39 is 6.09 Å². The fraction of sp³-hybridized carbons (Fsp3) is 0.667. The Kier molecular flexibility index (Phi) is 8.43. The maximum atomic E-state index is 13.6. The zero-order chi connectivity index (χ0) is 21.5. The van der Waals surface area contributed by atoms with Gasteiger partial charge in [0.05, 0.1) is 5.92 Å². The van der Waals surface area contributed by atoms with Crippen molar-refractivity contribution in [3.05, 3.63) is 34.9 Å². The Hall–Kier alpha value is -1.75. The van der Waals surface area contributed by atoms with Crippen LogP contribution in [0.25, 0.3) is 0 Å². The van der Waals surface area contributed by atoms with Crippen LogP contribution in [-0.4, -0.2) is 52.6 Å². The first-order valence-electron chi connectivity index (χ1n) is 11.5. The van der Waals surface area contributed by atoms with E-state index in [-0.39, 0.29) is 17.9 Å². The summed E-state index contributed by atoms with van der Waals surface area (Å²) in [6, 6.07) is 7.79. The summed E-state index contributed by atoms with van der Waals surface area (Å²) in [6.07, 6.45) is 8.24. The molecule has 5 nitrogen and oxygen atoms in total. The van der Waals surface area contributed by atoms with Gasteiger partial charge in [-0.3, -0.25) is 4.79 Å². The van der Waals surface area contributed by atoms with Crippen LogP contribution < -0.4 is 0 Å². The predicted octanol–water partition coefficient (Wildman–Crippen LogP) is 5.78.